The lowest BCUT2D eigenvalue weighted by molar-refractivity contribution is -0.133. The predicted octanol–water partition coefficient (Wildman–Crippen LogP) is 2.53. The van der Waals surface area contributed by atoms with Crippen molar-refractivity contribution in [2.24, 2.45) is 0 Å². The van der Waals surface area contributed by atoms with Crippen LogP contribution in [-0.2, 0) is 16.0 Å². The molecule has 0 saturated heterocycles. The topological polar surface area (TPSA) is 71.1 Å². The van der Waals surface area contributed by atoms with Crippen LogP contribution in [0.3, 0.4) is 0 Å². The molecule has 0 spiro atoms. The van der Waals surface area contributed by atoms with Crippen LogP contribution in [0.15, 0.2) is 42.5 Å². The largest absolute Gasteiger partial charge is 0.318 e. The highest BCUT2D eigenvalue weighted by Crippen LogP contribution is 2.15. The van der Waals surface area contributed by atoms with E-state index < -0.39 is 11.8 Å². The maximum atomic E-state index is 11.9. The summed E-state index contributed by atoms with van der Waals surface area (Å²) in [6.07, 6.45) is 0.775. The molecule has 1 heterocycles. The number of aromatic nitrogens is 1. The van der Waals surface area contributed by atoms with E-state index in [9.17, 15) is 9.59 Å². The zero-order valence-corrected chi connectivity index (χ0v) is 12.0. The van der Waals surface area contributed by atoms with E-state index in [1.807, 2.05) is 38.1 Å². The van der Waals surface area contributed by atoms with Crippen LogP contribution in [0.25, 0.3) is 0 Å². The summed E-state index contributed by atoms with van der Waals surface area (Å²) in [6, 6.07) is 12.6. The third-order valence-corrected chi connectivity index (χ3v) is 2.98. The number of carbonyl (C=O) groups excluding carboxylic acids is 2. The zero-order valence-electron chi connectivity index (χ0n) is 12.0. The van der Waals surface area contributed by atoms with Gasteiger partial charge in [-0.3, -0.25) is 9.59 Å². The van der Waals surface area contributed by atoms with E-state index >= 15 is 0 Å². The minimum Gasteiger partial charge on any atom is -0.318 e. The van der Waals surface area contributed by atoms with Gasteiger partial charge in [-0.15, -0.1) is 0 Å². The number of aryl methyl sites for hydroxylation is 2. The molecule has 0 atom stereocenters. The summed E-state index contributed by atoms with van der Waals surface area (Å²) >= 11 is 0. The molecular formula is C16H17N3O2. The monoisotopic (exact) mass is 283 g/mol. The van der Waals surface area contributed by atoms with Crippen LogP contribution in [0.5, 0.6) is 0 Å². The van der Waals surface area contributed by atoms with Gasteiger partial charge in [-0.05, 0) is 37.1 Å². The molecule has 5 heteroatoms. The Bertz CT molecular complexity index is 668. The molecule has 0 radical (unpaired) electrons. The standard InChI is InChI=1S/C16H17N3O2/c1-3-12-8-4-5-9-13(12)18-15(20)16(21)19-14-10-6-7-11(2)17-14/h4-10H,3H2,1-2H3,(H,18,20)(H,17,19,21). The van der Waals surface area contributed by atoms with Crippen molar-refractivity contribution in [1.82, 2.24) is 4.98 Å². The third-order valence-electron chi connectivity index (χ3n) is 2.98. The van der Waals surface area contributed by atoms with Crippen LogP contribution >= 0.6 is 0 Å². The van der Waals surface area contributed by atoms with Crippen molar-refractivity contribution >= 4 is 23.3 Å². The van der Waals surface area contributed by atoms with Crippen LogP contribution in [0.4, 0.5) is 11.5 Å². The highest BCUT2D eigenvalue weighted by molar-refractivity contribution is 6.43. The molecule has 0 unspecified atom stereocenters. The SMILES string of the molecule is CCc1ccccc1NC(=O)C(=O)Nc1cccc(C)n1. The third kappa shape index (κ3) is 3.89. The first-order valence-corrected chi connectivity index (χ1v) is 6.74. The van der Waals surface area contributed by atoms with Gasteiger partial charge in [-0.2, -0.15) is 0 Å². The van der Waals surface area contributed by atoms with Crippen molar-refractivity contribution in [2.75, 3.05) is 10.6 Å². The molecule has 0 aliphatic heterocycles. The van der Waals surface area contributed by atoms with Gasteiger partial charge in [-0.25, -0.2) is 4.98 Å². The Morgan fingerprint density at radius 3 is 2.43 bits per heavy atom. The fourth-order valence-corrected chi connectivity index (χ4v) is 1.92. The molecule has 0 aliphatic carbocycles. The molecule has 1 aromatic heterocycles. The maximum Gasteiger partial charge on any atom is 0.315 e. The Hall–Kier alpha value is -2.69. The minimum atomic E-state index is -0.737. The van der Waals surface area contributed by atoms with E-state index in [0.717, 1.165) is 17.7 Å². The number of amides is 2. The predicted molar refractivity (Wildman–Crippen MR) is 82.1 cm³/mol. The molecule has 0 fully saturated rings. The number of para-hydroxylation sites is 1. The molecule has 21 heavy (non-hydrogen) atoms. The minimum absolute atomic E-state index is 0.360. The average molecular weight is 283 g/mol. The number of carbonyl (C=O) groups is 2. The number of nitrogens with zero attached hydrogens (tertiary/aromatic N) is 1. The van der Waals surface area contributed by atoms with Gasteiger partial charge in [0.1, 0.15) is 5.82 Å². The Morgan fingerprint density at radius 2 is 1.71 bits per heavy atom. The summed E-state index contributed by atoms with van der Waals surface area (Å²) in [5.74, 6) is -1.09. The van der Waals surface area contributed by atoms with Crippen LogP contribution in [0.2, 0.25) is 0 Å². The summed E-state index contributed by atoms with van der Waals surface area (Å²) in [4.78, 5) is 27.9. The van der Waals surface area contributed by atoms with Gasteiger partial charge < -0.3 is 10.6 Å². The molecule has 5 nitrogen and oxygen atoms in total. The second-order valence-electron chi connectivity index (χ2n) is 4.58. The number of nitrogens with one attached hydrogen (secondary N) is 2. The lowest BCUT2D eigenvalue weighted by Gasteiger charge is -2.09. The molecule has 1 aromatic carbocycles. The van der Waals surface area contributed by atoms with Gasteiger partial charge in [0.2, 0.25) is 0 Å². The number of rotatable bonds is 3. The quantitative estimate of drug-likeness (QED) is 0.850. The molecule has 0 bridgehead atoms. The molecule has 0 aliphatic rings. The van der Waals surface area contributed by atoms with Crippen LogP contribution in [0.1, 0.15) is 18.2 Å². The van der Waals surface area contributed by atoms with Crippen molar-refractivity contribution in [2.45, 2.75) is 20.3 Å². The van der Waals surface area contributed by atoms with Gasteiger partial charge in [0.15, 0.2) is 0 Å². The Morgan fingerprint density at radius 1 is 1.00 bits per heavy atom. The molecule has 2 rings (SSSR count). The van der Waals surface area contributed by atoms with Gasteiger partial charge in [0, 0.05) is 11.4 Å². The number of pyridine rings is 1. The first-order valence-electron chi connectivity index (χ1n) is 6.74. The highest BCUT2D eigenvalue weighted by Gasteiger charge is 2.15. The number of hydrogen-bond donors (Lipinski definition) is 2. The average Bonchev–Trinajstić information content (AvgIpc) is 2.47. The van der Waals surface area contributed by atoms with Gasteiger partial charge in [0.05, 0.1) is 0 Å². The van der Waals surface area contributed by atoms with E-state index in [-0.39, 0.29) is 0 Å². The van der Waals surface area contributed by atoms with Crippen molar-refractivity contribution in [3.8, 4) is 0 Å². The molecule has 2 N–H and O–H groups in total. The molecule has 2 amide bonds. The van der Waals surface area contributed by atoms with E-state index in [0.29, 0.717) is 11.5 Å². The first-order chi connectivity index (χ1) is 10.1. The van der Waals surface area contributed by atoms with Crippen molar-refractivity contribution in [3.63, 3.8) is 0 Å². The van der Waals surface area contributed by atoms with Crippen molar-refractivity contribution in [3.05, 3.63) is 53.7 Å². The summed E-state index contributed by atoms with van der Waals surface area (Å²) < 4.78 is 0. The lowest BCUT2D eigenvalue weighted by atomic mass is 10.1. The van der Waals surface area contributed by atoms with Crippen molar-refractivity contribution < 1.29 is 9.59 Å². The van der Waals surface area contributed by atoms with Gasteiger partial charge in [0.25, 0.3) is 0 Å². The summed E-state index contributed by atoms with van der Waals surface area (Å²) in [5.41, 5.74) is 2.40. The summed E-state index contributed by atoms with van der Waals surface area (Å²) in [5, 5.41) is 5.10. The summed E-state index contributed by atoms with van der Waals surface area (Å²) in [6.45, 7) is 3.80. The maximum absolute atomic E-state index is 11.9. The number of hydrogen-bond acceptors (Lipinski definition) is 3. The zero-order chi connectivity index (χ0) is 15.2. The van der Waals surface area contributed by atoms with Crippen molar-refractivity contribution in [1.29, 1.82) is 0 Å². The first kappa shape index (κ1) is 14.7. The van der Waals surface area contributed by atoms with E-state index in [2.05, 4.69) is 15.6 Å². The fourth-order valence-electron chi connectivity index (χ4n) is 1.92. The van der Waals surface area contributed by atoms with E-state index in [1.165, 1.54) is 0 Å². The number of benzene rings is 1. The Labute approximate surface area is 123 Å². The van der Waals surface area contributed by atoms with E-state index in [1.54, 1.807) is 18.2 Å². The number of anilines is 2. The Balaban J connectivity index is 2.04. The second-order valence-corrected chi connectivity index (χ2v) is 4.58. The van der Waals surface area contributed by atoms with E-state index in [4.69, 9.17) is 0 Å². The fraction of sp³-hybridized carbons (Fsp3) is 0.188. The van der Waals surface area contributed by atoms with Crippen LogP contribution < -0.4 is 10.6 Å². The molecule has 0 saturated carbocycles. The molecular weight excluding hydrogens is 266 g/mol. The van der Waals surface area contributed by atoms with Crippen LogP contribution in [0, 0.1) is 6.92 Å². The van der Waals surface area contributed by atoms with Gasteiger partial charge in [-0.1, -0.05) is 31.2 Å². The lowest BCUT2D eigenvalue weighted by Crippen LogP contribution is -2.29. The van der Waals surface area contributed by atoms with Gasteiger partial charge >= 0.3 is 11.8 Å². The molecule has 108 valence electrons. The highest BCUT2D eigenvalue weighted by atomic mass is 16.2. The Kier molecular flexibility index (Phi) is 4.66. The normalized spacial score (nSPS) is 10.0. The molecule has 2 aromatic rings. The summed E-state index contributed by atoms with van der Waals surface area (Å²) in [7, 11) is 0. The second kappa shape index (κ2) is 6.65. The smallest absolute Gasteiger partial charge is 0.315 e. The van der Waals surface area contributed by atoms with Crippen LogP contribution in [-0.4, -0.2) is 16.8 Å².